The Bertz CT molecular complexity index is 892. The van der Waals surface area contributed by atoms with E-state index in [-0.39, 0.29) is 0 Å². The Morgan fingerprint density at radius 2 is 1.69 bits per heavy atom. The van der Waals surface area contributed by atoms with Gasteiger partial charge >= 0.3 is 0 Å². The third-order valence-electron chi connectivity index (χ3n) is 4.19. The van der Waals surface area contributed by atoms with Crippen molar-refractivity contribution in [3.63, 3.8) is 0 Å². The number of nitrogens with zero attached hydrogens (tertiary/aromatic N) is 1. The van der Waals surface area contributed by atoms with Crippen LogP contribution in [0.15, 0.2) is 42.5 Å². The van der Waals surface area contributed by atoms with Gasteiger partial charge in [0.15, 0.2) is 0 Å². The van der Waals surface area contributed by atoms with Crippen LogP contribution in [0.25, 0.3) is 0 Å². The Morgan fingerprint density at radius 1 is 1.08 bits per heavy atom. The molecule has 0 saturated heterocycles. The summed E-state index contributed by atoms with van der Waals surface area (Å²) in [6.07, 6.45) is 1.08. The van der Waals surface area contributed by atoms with E-state index in [0.717, 1.165) is 21.7 Å². The van der Waals surface area contributed by atoms with Gasteiger partial charge in [-0.3, -0.25) is 9.10 Å². The summed E-state index contributed by atoms with van der Waals surface area (Å²) in [4.78, 5) is 12.7. The molecule has 26 heavy (non-hydrogen) atoms. The number of carbonyl (C=O) groups excluding carboxylic acids is 1. The lowest BCUT2D eigenvalue weighted by Crippen LogP contribution is -2.45. The van der Waals surface area contributed by atoms with Crippen molar-refractivity contribution in [3.05, 3.63) is 53.6 Å². The van der Waals surface area contributed by atoms with E-state index in [1.54, 1.807) is 37.3 Å². The van der Waals surface area contributed by atoms with Gasteiger partial charge in [0.1, 0.15) is 11.8 Å². The molecule has 1 amide bonds. The minimum absolute atomic E-state index is 0.399. The number of methoxy groups -OCH3 is 1. The van der Waals surface area contributed by atoms with Gasteiger partial charge in [-0.1, -0.05) is 6.07 Å². The molecule has 2 aromatic carbocycles. The molecule has 0 saturated carbocycles. The molecule has 2 aromatic rings. The number of nitrogens with one attached hydrogen (secondary N) is 1. The van der Waals surface area contributed by atoms with Crippen molar-refractivity contribution in [3.8, 4) is 5.75 Å². The van der Waals surface area contributed by atoms with Gasteiger partial charge in [0, 0.05) is 5.69 Å². The van der Waals surface area contributed by atoms with Crippen LogP contribution >= 0.6 is 0 Å². The van der Waals surface area contributed by atoms with Crippen molar-refractivity contribution >= 4 is 27.3 Å². The summed E-state index contributed by atoms with van der Waals surface area (Å²) >= 11 is 0. The van der Waals surface area contributed by atoms with Crippen LogP contribution in [-0.2, 0) is 14.8 Å². The Kier molecular flexibility index (Phi) is 5.92. The highest BCUT2D eigenvalue weighted by Gasteiger charge is 2.29. The average Bonchev–Trinajstić information content (AvgIpc) is 2.57. The van der Waals surface area contributed by atoms with Gasteiger partial charge in [0.05, 0.1) is 19.1 Å². The molecule has 0 aliphatic carbocycles. The smallest absolute Gasteiger partial charge is 0.247 e. The molecule has 140 valence electrons. The third-order valence-corrected chi connectivity index (χ3v) is 5.43. The normalized spacial score (nSPS) is 12.3. The monoisotopic (exact) mass is 376 g/mol. The zero-order valence-electron chi connectivity index (χ0n) is 15.6. The molecule has 0 aliphatic rings. The summed E-state index contributed by atoms with van der Waals surface area (Å²) in [6.45, 7) is 5.49. The second kappa shape index (κ2) is 7.78. The highest BCUT2D eigenvalue weighted by molar-refractivity contribution is 7.92. The van der Waals surface area contributed by atoms with Gasteiger partial charge in [0.25, 0.3) is 0 Å². The first kappa shape index (κ1) is 19.8. The summed E-state index contributed by atoms with van der Waals surface area (Å²) in [6, 6.07) is 11.2. The molecule has 0 spiro atoms. The predicted octanol–water partition coefficient (Wildman–Crippen LogP) is 3.11. The van der Waals surface area contributed by atoms with E-state index in [2.05, 4.69) is 5.32 Å². The van der Waals surface area contributed by atoms with Crippen LogP contribution in [-0.4, -0.2) is 33.7 Å². The van der Waals surface area contributed by atoms with Crippen LogP contribution in [0.3, 0.4) is 0 Å². The van der Waals surface area contributed by atoms with Gasteiger partial charge in [-0.25, -0.2) is 8.42 Å². The number of benzene rings is 2. The van der Waals surface area contributed by atoms with Crippen molar-refractivity contribution < 1.29 is 17.9 Å². The van der Waals surface area contributed by atoms with Gasteiger partial charge in [0.2, 0.25) is 15.9 Å². The second-order valence-corrected chi connectivity index (χ2v) is 8.08. The Morgan fingerprint density at radius 3 is 2.19 bits per heavy atom. The van der Waals surface area contributed by atoms with Crippen LogP contribution in [0, 0.1) is 13.8 Å². The predicted molar refractivity (Wildman–Crippen MR) is 104 cm³/mol. The fraction of sp³-hybridized carbons (Fsp3) is 0.316. The van der Waals surface area contributed by atoms with Crippen molar-refractivity contribution in [2.75, 3.05) is 23.0 Å². The second-order valence-electron chi connectivity index (χ2n) is 6.22. The summed E-state index contributed by atoms with van der Waals surface area (Å²) in [7, 11) is -2.13. The Hall–Kier alpha value is -2.54. The minimum Gasteiger partial charge on any atom is -0.497 e. The molecule has 0 heterocycles. The topological polar surface area (TPSA) is 75.7 Å². The van der Waals surface area contributed by atoms with Crippen LogP contribution in [0.4, 0.5) is 11.4 Å². The Balaban J connectivity index is 2.29. The number of rotatable bonds is 6. The molecule has 0 unspecified atom stereocenters. The maximum Gasteiger partial charge on any atom is 0.247 e. The largest absolute Gasteiger partial charge is 0.497 e. The average molecular weight is 376 g/mol. The van der Waals surface area contributed by atoms with E-state index < -0.39 is 22.0 Å². The standard InChI is InChI=1S/C19H24N2O4S/c1-13-6-7-16(12-14(13)2)20-19(22)15(3)21(26(5,23)24)17-8-10-18(25-4)11-9-17/h6-12,15H,1-5H3,(H,20,22)/t15-/m0/s1. The summed E-state index contributed by atoms with van der Waals surface area (Å²) in [5.74, 6) is 0.198. The van der Waals surface area contributed by atoms with Crippen LogP contribution in [0.2, 0.25) is 0 Å². The summed E-state index contributed by atoms with van der Waals surface area (Å²) < 4.78 is 30.8. The summed E-state index contributed by atoms with van der Waals surface area (Å²) in [5, 5.41) is 2.78. The molecular formula is C19H24N2O4S. The number of anilines is 2. The zero-order valence-corrected chi connectivity index (χ0v) is 16.4. The van der Waals surface area contributed by atoms with Crippen LogP contribution in [0.5, 0.6) is 5.75 Å². The van der Waals surface area contributed by atoms with Gasteiger partial charge in [-0.15, -0.1) is 0 Å². The number of aryl methyl sites for hydroxylation is 2. The molecule has 0 bridgehead atoms. The number of ether oxygens (including phenoxy) is 1. The van der Waals surface area contributed by atoms with Crippen molar-refractivity contribution in [1.82, 2.24) is 0 Å². The highest BCUT2D eigenvalue weighted by Crippen LogP contribution is 2.24. The Labute approximate surface area is 154 Å². The van der Waals surface area contributed by atoms with Gasteiger partial charge < -0.3 is 10.1 Å². The lowest BCUT2D eigenvalue weighted by Gasteiger charge is -2.28. The molecule has 7 heteroatoms. The van der Waals surface area contributed by atoms with Crippen molar-refractivity contribution in [2.45, 2.75) is 26.8 Å². The molecule has 2 rings (SSSR count). The molecule has 0 aromatic heterocycles. The van der Waals surface area contributed by atoms with Crippen LogP contribution in [0.1, 0.15) is 18.1 Å². The quantitative estimate of drug-likeness (QED) is 0.840. The van der Waals surface area contributed by atoms with Gasteiger partial charge in [-0.2, -0.15) is 0 Å². The van der Waals surface area contributed by atoms with E-state index in [4.69, 9.17) is 4.74 Å². The maximum absolute atomic E-state index is 12.7. The van der Waals surface area contributed by atoms with Crippen molar-refractivity contribution in [1.29, 1.82) is 0 Å². The molecule has 1 N–H and O–H groups in total. The molecule has 0 radical (unpaired) electrons. The molecule has 0 fully saturated rings. The molecular weight excluding hydrogens is 352 g/mol. The minimum atomic E-state index is -3.66. The molecule has 6 nitrogen and oxygen atoms in total. The van der Waals surface area contributed by atoms with E-state index >= 15 is 0 Å². The number of carbonyl (C=O) groups is 1. The first-order valence-corrected chi connectivity index (χ1v) is 10.00. The van der Waals surface area contributed by atoms with Gasteiger partial charge in [-0.05, 0) is 68.3 Å². The number of sulfonamides is 1. The summed E-state index contributed by atoms with van der Waals surface area (Å²) in [5.41, 5.74) is 3.20. The van der Waals surface area contributed by atoms with E-state index in [1.807, 2.05) is 26.0 Å². The van der Waals surface area contributed by atoms with E-state index in [9.17, 15) is 13.2 Å². The fourth-order valence-corrected chi connectivity index (χ4v) is 3.78. The highest BCUT2D eigenvalue weighted by atomic mass is 32.2. The van der Waals surface area contributed by atoms with E-state index in [0.29, 0.717) is 17.1 Å². The molecule has 1 atom stereocenters. The third kappa shape index (κ3) is 4.54. The van der Waals surface area contributed by atoms with Crippen molar-refractivity contribution in [2.24, 2.45) is 0 Å². The maximum atomic E-state index is 12.7. The zero-order chi connectivity index (χ0) is 19.5. The number of amides is 1. The first-order chi connectivity index (χ1) is 12.1. The van der Waals surface area contributed by atoms with Crippen LogP contribution < -0.4 is 14.4 Å². The fourth-order valence-electron chi connectivity index (χ4n) is 2.60. The molecule has 0 aliphatic heterocycles. The lowest BCUT2D eigenvalue weighted by molar-refractivity contribution is -0.116. The van der Waals surface area contributed by atoms with E-state index in [1.165, 1.54) is 7.11 Å². The number of hydrogen-bond donors (Lipinski definition) is 1. The SMILES string of the molecule is COc1ccc(N([C@@H](C)C(=O)Nc2ccc(C)c(C)c2)S(C)(=O)=O)cc1. The first-order valence-electron chi connectivity index (χ1n) is 8.15. The number of hydrogen-bond acceptors (Lipinski definition) is 4. The lowest BCUT2D eigenvalue weighted by atomic mass is 10.1.